The van der Waals surface area contributed by atoms with Crippen LogP contribution in [0.25, 0.3) is 22.2 Å². The molecule has 0 radical (unpaired) electrons. The highest BCUT2D eigenvalue weighted by Crippen LogP contribution is 2.33. The van der Waals surface area contributed by atoms with Gasteiger partial charge in [-0.05, 0) is 47.9 Å². The maximum atomic E-state index is 14.6. The Morgan fingerprint density at radius 3 is 2.05 bits per heavy atom. The van der Waals surface area contributed by atoms with Gasteiger partial charge in [-0.3, -0.25) is 9.97 Å². The van der Waals surface area contributed by atoms with Crippen LogP contribution in [0, 0.1) is 6.92 Å². The maximum Gasteiger partial charge on any atom is 0.335 e. The van der Waals surface area contributed by atoms with Gasteiger partial charge in [0.1, 0.15) is 5.52 Å². The van der Waals surface area contributed by atoms with E-state index in [1.165, 1.54) is 12.3 Å². The van der Waals surface area contributed by atoms with Gasteiger partial charge in [0.25, 0.3) is 10.0 Å². The van der Waals surface area contributed by atoms with Crippen molar-refractivity contribution in [3.05, 3.63) is 151 Å². The van der Waals surface area contributed by atoms with Gasteiger partial charge in [-0.1, -0.05) is 91.0 Å². The van der Waals surface area contributed by atoms with Crippen molar-refractivity contribution in [2.45, 2.75) is 17.9 Å². The van der Waals surface area contributed by atoms with E-state index in [1.54, 1.807) is 54.9 Å². The minimum Gasteiger partial charge on any atom is -0.326 e. The molecule has 6 rings (SSSR count). The van der Waals surface area contributed by atoms with Crippen molar-refractivity contribution in [1.29, 1.82) is 0 Å². The summed E-state index contributed by atoms with van der Waals surface area (Å²) >= 11 is 0. The number of nitrogens with one attached hydrogen (secondary N) is 2. The fourth-order valence-electron chi connectivity index (χ4n) is 5.02. The number of sulfonamides is 1. The first-order valence-electron chi connectivity index (χ1n) is 13.9. The van der Waals surface area contributed by atoms with Crippen molar-refractivity contribution in [2.24, 2.45) is 0 Å². The number of pyridine rings is 3. The fraction of sp³-hybridized carbons (Fsp3) is 0.0588. The number of nitrogens with zero attached hydrogens (tertiary/aromatic N) is 4. The van der Waals surface area contributed by atoms with Crippen LogP contribution in [0.1, 0.15) is 22.7 Å². The van der Waals surface area contributed by atoms with Crippen molar-refractivity contribution < 1.29 is 13.2 Å². The zero-order valence-electron chi connectivity index (χ0n) is 23.7. The van der Waals surface area contributed by atoms with Crippen LogP contribution in [0.4, 0.5) is 10.6 Å². The Kier molecular flexibility index (Phi) is 7.98. The number of carbonyl (C=O) groups is 1. The Labute approximate surface area is 255 Å². The van der Waals surface area contributed by atoms with Crippen LogP contribution >= 0.6 is 0 Å². The molecule has 0 spiro atoms. The number of hydrogen-bond donors (Lipinski definition) is 2. The zero-order valence-corrected chi connectivity index (χ0v) is 24.5. The molecule has 0 aliphatic heterocycles. The second-order valence-corrected chi connectivity index (χ2v) is 11.7. The average Bonchev–Trinajstić information content (AvgIpc) is 3.07. The maximum absolute atomic E-state index is 14.6. The lowest BCUT2D eigenvalue weighted by Crippen LogP contribution is -2.51. The second kappa shape index (κ2) is 12.3. The second-order valence-electron chi connectivity index (χ2n) is 9.98. The van der Waals surface area contributed by atoms with Crippen molar-refractivity contribution in [3.8, 4) is 11.3 Å². The Hall–Kier alpha value is -5.61. The smallest absolute Gasteiger partial charge is 0.326 e. The topological polar surface area (TPSA) is 117 Å². The predicted molar refractivity (Wildman–Crippen MR) is 170 cm³/mol. The number of aromatic nitrogens is 3. The zero-order chi connectivity index (χ0) is 30.5. The van der Waals surface area contributed by atoms with Gasteiger partial charge in [0.15, 0.2) is 5.82 Å². The van der Waals surface area contributed by atoms with Crippen LogP contribution in [0.2, 0.25) is 0 Å². The first-order chi connectivity index (χ1) is 21.4. The largest absolute Gasteiger partial charge is 0.335 e. The molecule has 2 amide bonds. The Bertz CT molecular complexity index is 1990. The highest BCUT2D eigenvalue weighted by atomic mass is 32.2. The number of urea groups is 1. The lowest BCUT2D eigenvalue weighted by molar-refractivity contribution is 0.239. The van der Waals surface area contributed by atoms with E-state index in [9.17, 15) is 13.2 Å². The third-order valence-corrected chi connectivity index (χ3v) is 8.76. The van der Waals surface area contributed by atoms with Gasteiger partial charge in [-0.25, -0.2) is 15.2 Å². The third-order valence-electron chi connectivity index (χ3n) is 7.11. The van der Waals surface area contributed by atoms with Crippen molar-refractivity contribution in [3.63, 3.8) is 0 Å². The minimum absolute atomic E-state index is 0.0539. The van der Waals surface area contributed by atoms with Gasteiger partial charge in [0.05, 0.1) is 16.6 Å². The molecule has 0 aliphatic rings. The van der Waals surface area contributed by atoms with Gasteiger partial charge in [0.2, 0.25) is 0 Å². The SMILES string of the molecule is Cc1cccnc1-c1ccccc1S(=O)(=O)N(NC(=O)NC(c1ccccc1)c1ccccc1)c1nccc2cccnc12. The number of anilines is 1. The van der Waals surface area contributed by atoms with Gasteiger partial charge in [-0.2, -0.15) is 12.8 Å². The molecule has 0 atom stereocenters. The summed E-state index contributed by atoms with van der Waals surface area (Å²) in [5.41, 5.74) is 6.24. The number of hydrazine groups is 1. The van der Waals surface area contributed by atoms with Gasteiger partial charge < -0.3 is 5.32 Å². The van der Waals surface area contributed by atoms with Crippen molar-refractivity contribution >= 4 is 32.8 Å². The number of rotatable bonds is 8. The van der Waals surface area contributed by atoms with Crippen LogP contribution in [-0.2, 0) is 10.0 Å². The van der Waals surface area contributed by atoms with Crippen LogP contribution in [0.3, 0.4) is 0 Å². The molecule has 10 heteroatoms. The molecular formula is C34H28N6O3S. The van der Waals surface area contributed by atoms with Crippen LogP contribution < -0.4 is 15.2 Å². The molecule has 218 valence electrons. The molecule has 3 aromatic carbocycles. The van der Waals surface area contributed by atoms with Gasteiger partial charge >= 0.3 is 6.03 Å². The molecule has 0 fully saturated rings. The van der Waals surface area contributed by atoms with Crippen molar-refractivity contribution in [2.75, 3.05) is 4.41 Å². The number of amides is 2. The number of fused-ring (bicyclic) bond motifs is 1. The van der Waals surface area contributed by atoms with Crippen LogP contribution in [0.5, 0.6) is 0 Å². The summed E-state index contributed by atoms with van der Waals surface area (Å²) < 4.78 is 30.1. The molecule has 0 aliphatic carbocycles. The van der Waals surface area contributed by atoms with Gasteiger partial charge in [0, 0.05) is 29.5 Å². The van der Waals surface area contributed by atoms with E-state index in [1.807, 2.05) is 73.7 Å². The molecule has 0 unspecified atom stereocenters. The highest BCUT2D eigenvalue weighted by molar-refractivity contribution is 7.93. The van der Waals surface area contributed by atoms with E-state index < -0.39 is 22.1 Å². The van der Waals surface area contributed by atoms with E-state index in [4.69, 9.17) is 0 Å². The number of hydrogen-bond acceptors (Lipinski definition) is 6. The monoisotopic (exact) mass is 600 g/mol. The molecule has 9 nitrogen and oxygen atoms in total. The summed E-state index contributed by atoms with van der Waals surface area (Å²) in [5, 5.41) is 3.61. The lowest BCUT2D eigenvalue weighted by atomic mass is 9.99. The first kappa shape index (κ1) is 28.5. The molecule has 0 bridgehead atoms. The average molecular weight is 601 g/mol. The number of aryl methyl sites for hydroxylation is 1. The first-order valence-corrected chi connectivity index (χ1v) is 15.3. The van der Waals surface area contributed by atoms with Gasteiger partial charge in [-0.15, -0.1) is 0 Å². The normalized spacial score (nSPS) is 11.3. The van der Waals surface area contributed by atoms with E-state index in [0.717, 1.165) is 21.1 Å². The van der Waals surface area contributed by atoms with E-state index >= 15 is 0 Å². The van der Waals surface area contributed by atoms with Crippen LogP contribution in [0.15, 0.2) is 139 Å². The molecular weight excluding hydrogens is 572 g/mol. The summed E-state index contributed by atoms with van der Waals surface area (Å²) in [6.45, 7) is 1.86. The van der Waals surface area contributed by atoms with E-state index in [2.05, 4.69) is 25.7 Å². The van der Waals surface area contributed by atoms with E-state index in [0.29, 0.717) is 22.2 Å². The molecule has 0 saturated carbocycles. The standard InChI is InChI=1S/C34H28N6O3S/c1-24-12-10-21-35-30(24)28-18-8-9-19-29(28)44(42,43)40(33-32-27(20-23-37-33)17-11-22-36-32)39-34(41)38-31(25-13-4-2-5-14-25)26-15-6-3-7-16-26/h2-23,31H,1H3,(H2,38,39,41). The van der Waals surface area contributed by atoms with Crippen molar-refractivity contribution in [1.82, 2.24) is 25.7 Å². The molecule has 3 aromatic heterocycles. The highest BCUT2D eigenvalue weighted by Gasteiger charge is 2.33. The Morgan fingerprint density at radius 2 is 1.34 bits per heavy atom. The fourth-order valence-corrected chi connectivity index (χ4v) is 6.48. The van der Waals surface area contributed by atoms with E-state index in [-0.39, 0.29) is 10.7 Å². The number of carbonyl (C=O) groups excluding carboxylic acids is 1. The molecule has 44 heavy (non-hydrogen) atoms. The third kappa shape index (κ3) is 5.70. The lowest BCUT2D eigenvalue weighted by Gasteiger charge is -2.27. The Balaban J connectivity index is 1.46. The summed E-state index contributed by atoms with van der Waals surface area (Å²) in [6, 6.07) is 33.0. The number of benzene rings is 3. The molecule has 0 saturated heterocycles. The summed E-state index contributed by atoms with van der Waals surface area (Å²) in [4.78, 5) is 27.0. The quantitative estimate of drug-likeness (QED) is 0.201. The molecule has 3 heterocycles. The predicted octanol–water partition coefficient (Wildman–Crippen LogP) is 6.20. The summed E-state index contributed by atoms with van der Waals surface area (Å²) in [7, 11) is -4.48. The molecule has 6 aromatic rings. The summed E-state index contributed by atoms with van der Waals surface area (Å²) in [5.74, 6) is -0.0539. The summed E-state index contributed by atoms with van der Waals surface area (Å²) in [6.07, 6.45) is 4.64. The Morgan fingerprint density at radius 1 is 0.705 bits per heavy atom. The molecule has 2 N–H and O–H groups in total. The minimum atomic E-state index is -4.48. The van der Waals surface area contributed by atoms with Crippen LogP contribution in [-0.4, -0.2) is 29.4 Å².